The standard InChI is InChI=1S/C23H25N3O5S/c1-23(18-8-4-2-5-9-18)21(28)26(22(29)24-23)16-20(27)17-10-12-19(13-11-17)32(30,31)25-14-6-3-7-15-25/h2,4-5,8-13H,3,6-7,14-16H2,1H3,(H,24,29). The highest BCUT2D eigenvalue weighted by atomic mass is 32.2. The number of urea groups is 1. The summed E-state index contributed by atoms with van der Waals surface area (Å²) >= 11 is 0. The maximum atomic E-state index is 13.0. The number of imide groups is 1. The van der Waals surface area contributed by atoms with Crippen molar-refractivity contribution in [2.75, 3.05) is 19.6 Å². The van der Waals surface area contributed by atoms with Gasteiger partial charge in [0.15, 0.2) is 5.78 Å². The number of amides is 3. The molecule has 2 fully saturated rings. The third kappa shape index (κ3) is 3.93. The van der Waals surface area contributed by atoms with Crippen molar-refractivity contribution in [1.82, 2.24) is 14.5 Å². The van der Waals surface area contributed by atoms with E-state index in [1.54, 1.807) is 31.2 Å². The van der Waals surface area contributed by atoms with Crippen LogP contribution < -0.4 is 5.32 Å². The number of Topliss-reactive ketones (excluding diaryl/α,β-unsaturated/α-hetero) is 1. The van der Waals surface area contributed by atoms with Crippen LogP contribution in [-0.2, 0) is 20.4 Å². The van der Waals surface area contributed by atoms with E-state index in [2.05, 4.69) is 5.32 Å². The summed E-state index contributed by atoms with van der Waals surface area (Å²) in [7, 11) is -3.60. The number of hydrogen-bond acceptors (Lipinski definition) is 5. The molecule has 1 N–H and O–H groups in total. The second kappa shape index (κ2) is 8.48. The molecule has 3 amide bonds. The number of rotatable bonds is 6. The van der Waals surface area contributed by atoms with Crippen molar-refractivity contribution < 1.29 is 22.8 Å². The van der Waals surface area contributed by atoms with E-state index in [1.807, 2.05) is 6.07 Å². The zero-order valence-electron chi connectivity index (χ0n) is 17.8. The number of hydrogen-bond donors (Lipinski definition) is 1. The molecule has 1 atom stereocenters. The van der Waals surface area contributed by atoms with Crippen molar-refractivity contribution in [3.63, 3.8) is 0 Å². The molecular weight excluding hydrogens is 430 g/mol. The minimum Gasteiger partial charge on any atom is -0.319 e. The van der Waals surface area contributed by atoms with Gasteiger partial charge in [-0.3, -0.25) is 14.5 Å². The summed E-state index contributed by atoms with van der Waals surface area (Å²) in [5.74, 6) is -0.959. The van der Waals surface area contributed by atoms with E-state index in [9.17, 15) is 22.8 Å². The molecule has 168 valence electrons. The van der Waals surface area contributed by atoms with Gasteiger partial charge in [-0.25, -0.2) is 13.2 Å². The van der Waals surface area contributed by atoms with Crippen molar-refractivity contribution in [3.8, 4) is 0 Å². The van der Waals surface area contributed by atoms with E-state index >= 15 is 0 Å². The molecule has 0 aliphatic carbocycles. The number of piperidine rings is 1. The quantitative estimate of drug-likeness (QED) is 0.532. The number of carbonyl (C=O) groups excluding carboxylic acids is 3. The Morgan fingerprint density at radius 2 is 1.59 bits per heavy atom. The highest BCUT2D eigenvalue weighted by Crippen LogP contribution is 2.29. The number of nitrogens with zero attached hydrogens (tertiary/aromatic N) is 2. The highest BCUT2D eigenvalue weighted by Gasteiger charge is 2.49. The van der Waals surface area contributed by atoms with E-state index in [4.69, 9.17) is 0 Å². The Bertz CT molecular complexity index is 1140. The van der Waals surface area contributed by atoms with Gasteiger partial charge < -0.3 is 5.32 Å². The highest BCUT2D eigenvalue weighted by molar-refractivity contribution is 7.89. The molecule has 4 rings (SSSR count). The van der Waals surface area contributed by atoms with Gasteiger partial charge in [-0.05, 0) is 49.6 Å². The van der Waals surface area contributed by atoms with Gasteiger partial charge in [-0.2, -0.15) is 4.31 Å². The van der Waals surface area contributed by atoms with Crippen LogP contribution in [0.15, 0.2) is 59.5 Å². The van der Waals surface area contributed by atoms with Gasteiger partial charge in [0, 0.05) is 18.7 Å². The Labute approximate surface area is 187 Å². The smallest absolute Gasteiger partial charge is 0.319 e. The summed E-state index contributed by atoms with van der Waals surface area (Å²) in [5.41, 5.74) is -0.387. The van der Waals surface area contributed by atoms with Crippen molar-refractivity contribution in [2.24, 2.45) is 0 Å². The molecule has 0 bridgehead atoms. The molecule has 2 heterocycles. The third-order valence-corrected chi connectivity index (χ3v) is 7.97. The first-order valence-corrected chi connectivity index (χ1v) is 12.0. The summed E-state index contributed by atoms with van der Waals surface area (Å²) < 4.78 is 27.0. The topological polar surface area (TPSA) is 104 Å². The summed E-state index contributed by atoms with van der Waals surface area (Å²) in [5, 5.41) is 2.67. The molecule has 1 unspecified atom stereocenters. The lowest BCUT2D eigenvalue weighted by Crippen LogP contribution is -2.41. The number of carbonyl (C=O) groups is 3. The lowest BCUT2D eigenvalue weighted by molar-refractivity contribution is -0.130. The molecule has 0 spiro atoms. The second-order valence-corrected chi connectivity index (χ2v) is 10.2. The van der Waals surface area contributed by atoms with Crippen LogP contribution in [0.1, 0.15) is 42.1 Å². The van der Waals surface area contributed by atoms with Gasteiger partial charge in [-0.15, -0.1) is 0 Å². The van der Waals surface area contributed by atoms with E-state index < -0.39 is 39.8 Å². The molecule has 32 heavy (non-hydrogen) atoms. The van der Waals surface area contributed by atoms with E-state index in [-0.39, 0.29) is 10.5 Å². The predicted molar refractivity (Wildman–Crippen MR) is 117 cm³/mol. The predicted octanol–water partition coefficient (Wildman–Crippen LogP) is 2.51. The van der Waals surface area contributed by atoms with Crippen molar-refractivity contribution in [3.05, 3.63) is 65.7 Å². The normalized spacial score (nSPS) is 22.1. The molecule has 0 saturated carbocycles. The van der Waals surface area contributed by atoms with Crippen LogP contribution in [0.5, 0.6) is 0 Å². The minimum absolute atomic E-state index is 0.127. The fraction of sp³-hybridized carbons (Fsp3) is 0.348. The molecule has 9 heteroatoms. The maximum Gasteiger partial charge on any atom is 0.325 e. The van der Waals surface area contributed by atoms with Crippen LogP contribution in [0.2, 0.25) is 0 Å². The molecule has 0 aromatic heterocycles. The number of sulfonamides is 1. The molecule has 2 aromatic carbocycles. The van der Waals surface area contributed by atoms with Gasteiger partial charge in [0.1, 0.15) is 5.54 Å². The largest absolute Gasteiger partial charge is 0.325 e. The van der Waals surface area contributed by atoms with Crippen molar-refractivity contribution in [1.29, 1.82) is 0 Å². The Balaban J connectivity index is 1.48. The average molecular weight is 456 g/mol. The molecule has 2 saturated heterocycles. The van der Waals surface area contributed by atoms with Gasteiger partial charge in [-0.1, -0.05) is 36.8 Å². The van der Waals surface area contributed by atoms with Crippen molar-refractivity contribution >= 4 is 27.7 Å². The van der Waals surface area contributed by atoms with Crippen LogP contribution in [0.4, 0.5) is 4.79 Å². The third-order valence-electron chi connectivity index (χ3n) is 6.06. The van der Waals surface area contributed by atoms with Gasteiger partial charge in [0.25, 0.3) is 5.91 Å². The lowest BCUT2D eigenvalue weighted by atomic mass is 9.92. The number of benzene rings is 2. The van der Waals surface area contributed by atoms with Crippen LogP contribution in [-0.4, -0.2) is 55.0 Å². The summed E-state index contributed by atoms with van der Waals surface area (Å²) in [6, 6.07) is 13.8. The van der Waals surface area contributed by atoms with Crippen molar-refractivity contribution in [2.45, 2.75) is 36.6 Å². The maximum absolute atomic E-state index is 13.0. The van der Waals surface area contributed by atoms with E-state index in [0.717, 1.165) is 24.2 Å². The van der Waals surface area contributed by atoms with Crippen LogP contribution in [0, 0.1) is 0 Å². The average Bonchev–Trinajstić information content (AvgIpc) is 3.04. The van der Waals surface area contributed by atoms with Gasteiger partial charge >= 0.3 is 6.03 Å². The van der Waals surface area contributed by atoms with E-state index in [1.165, 1.54) is 28.6 Å². The Morgan fingerprint density at radius 3 is 2.22 bits per heavy atom. The molecule has 2 aliphatic rings. The first-order valence-electron chi connectivity index (χ1n) is 10.6. The molecule has 8 nitrogen and oxygen atoms in total. The first kappa shape index (κ1) is 22.2. The van der Waals surface area contributed by atoms with E-state index in [0.29, 0.717) is 18.7 Å². The SMILES string of the molecule is CC1(c2ccccc2)NC(=O)N(CC(=O)c2ccc(S(=O)(=O)N3CCCCC3)cc2)C1=O. The van der Waals surface area contributed by atoms with Gasteiger partial charge in [0.2, 0.25) is 10.0 Å². The molecular formula is C23H25N3O5S. The number of nitrogens with one attached hydrogen (secondary N) is 1. The Hall–Kier alpha value is -3.04. The number of ketones is 1. The molecule has 0 radical (unpaired) electrons. The zero-order valence-corrected chi connectivity index (χ0v) is 18.6. The summed E-state index contributed by atoms with van der Waals surface area (Å²) in [4.78, 5) is 39.2. The minimum atomic E-state index is -3.60. The van der Waals surface area contributed by atoms with Crippen LogP contribution in [0.25, 0.3) is 0 Å². The summed E-state index contributed by atoms with van der Waals surface area (Å²) in [6.07, 6.45) is 2.69. The van der Waals surface area contributed by atoms with Gasteiger partial charge in [0.05, 0.1) is 11.4 Å². The fourth-order valence-electron chi connectivity index (χ4n) is 4.11. The first-order chi connectivity index (χ1) is 15.2. The monoisotopic (exact) mass is 455 g/mol. The van der Waals surface area contributed by atoms with Crippen LogP contribution >= 0.6 is 0 Å². The van der Waals surface area contributed by atoms with Crippen LogP contribution in [0.3, 0.4) is 0 Å². The Morgan fingerprint density at radius 1 is 0.969 bits per heavy atom. The Kier molecular flexibility index (Phi) is 5.87. The lowest BCUT2D eigenvalue weighted by Gasteiger charge is -2.25. The second-order valence-electron chi connectivity index (χ2n) is 8.22. The molecule has 2 aliphatic heterocycles. The fourth-order valence-corrected chi connectivity index (χ4v) is 5.63. The zero-order chi connectivity index (χ0) is 22.9. The molecule has 2 aromatic rings. The summed E-state index contributed by atoms with van der Waals surface area (Å²) in [6.45, 7) is 2.17.